The Balaban J connectivity index is 3.23. The predicted octanol–water partition coefficient (Wildman–Crippen LogP) is 2.50. The lowest BCUT2D eigenvalue weighted by Crippen LogP contribution is -2.13. The van der Waals surface area contributed by atoms with E-state index < -0.39 is 59.3 Å². The van der Waals surface area contributed by atoms with Crippen molar-refractivity contribution < 1.29 is 19.3 Å². The third-order valence-corrected chi connectivity index (χ3v) is 3.40. The standard InChI is InChI=1S/C9H2Cl2FN3O6/c10-2-3(11)6(14(18)19)1-5(4(2)12)13-9(17)7(8(1)16)15(20)21/h(H2,13,16,17). The van der Waals surface area contributed by atoms with Gasteiger partial charge in [-0.2, -0.15) is 0 Å². The maximum atomic E-state index is 13.9. The van der Waals surface area contributed by atoms with Crippen molar-refractivity contribution in [1.82, 2.24) is 4.98 Å². The SMILES string of the molecule is O=c1[nH]c2c(F)c(Cl)c(Cl)c([N+](=O)[O-])c2c(O)c1[N+](=O)[O-]. The highest BCUT2D eigenvalue weighted by Crippen LogP contribution is 2.45. The second kappa shape index (κ2) is 4.82. The van der Waals surface area contributed by atoms with Crippen LogP contribution in [0.5, 0.6) is 5.75 Å². The van der Waals surface area contributed by atoms with Gasteiger partial charge in [0.25, 0.3) is 0 Å². The molecule has 0 unspecified atom stereocenters. The van der Waals surface area contributed by atoms with E-state index in [0.29, 0.717) is 0 Å². The topological polar surface area (TPSA) is 139 Å². The summed E-state index contributed by atoms with van der Waals surface area (Å²) in [5, 5.41) is 28.8. The second-order valence-electron chi connectivity index (χ2n) is 3.71. The number of nitrogens with zero attached hydrogens (tertiary/aromatic N) is 2. The normalized spacial score (nSPS) is 10.8. The summed E-state index contributed by atoms with van der Waals surface area (Å²) in [6.45, 7) is 0. The number of H-pyrrole nitrogens is 1. The van der Waals surface area contributed by atoms with Crippen molar-refractivity contribution in [3.63, 3.8) is 0 Å². The van der Waals surface area contributed by atoms with Gasteiger partial charge in [0.1, 0.15) is 15.4 Å². The number of fused-ring (bicyclic) bond motifs is 1. The molecule has 0 aliphatic carbocycles. The van der Waals surface area contributed by atoms with Crippen LogP contribution < -0.4 is 5.56 Å². The lowest BCUT2D eigenvalue weighted by Gasteiger charge is -2.07. The monoisotopic (exact) mass is 337 g/mol. The number of aromatic amines is 1. The second-order valence-corrected chi connectivity index (χ2v) is 4.46. The lowest BCUT2D eigenvalue weighted by atomic mass is 10.1. The van der Waals surface area contributed by atoms with Crippen LogP contribution in [-0.2, 0) is 0 Å². The number of halogens is 3. The maximum absolute atomic E-state index is 13.9. The molecule has 0 aliphatic heterocycles. The Morgan fingerprint density at radius 2 is 1.62 bits per heavy atom. The average Bonchev–Trinajstić information content (AvgIpc) is 2.37. The summed E-state index contributed by atoms with van der Waals surface area (Å²) in [7, 11) is 0. The predicted molar refractivity (Wildman–Crippen MR) is 69.5 cm³/mol. The zero-order valence-corrected chi connectivity index (χ0v) is 11.0. The number of rotatable bonds is 2. The van der Waals surface area contributed by atoms with E-state index in [1.165, 1.54) is 0 Å². The van der Waals surface area contributed by atoms with Crippen molar-refractivity contribution >= 4 is 45.5 Å². The van der Waals surface area contributed by atoms with Gasteiger partial charge < -0.3 is 10.1 Å². The molecule has 0 amide bonds. The number of nitro groups is 2. The number of hydrogen-bond donors (Lipinski definition) is 2. The number of nitro benzene ring substituents is 1. The van der Waals surface area contributed by atoms with Gasteiger partial charge >= 0.3 is 16.9 Å². The van der Waals surface area contributed by atoms with E-state index in [4.69, 9.17) is 23.2 Å². The van der Waals surface area contributed by atoms with E-state index in [1.807, 2.05) is 0 Å². The molecule has 1 aromatic heterocycles. The van der Waals surface area contributed by atoms with Crippen LogP contribution in [0, 0.1) is 26.0 Å². The molecule has 9 nitrogen and oxygen atoms in total. The number of hydrogen-bond acceptors (Lipinski definition) is 6. The first-order chi connectivity index (χ1) is 9.68. The molecule has 1 heterocycles. The first-order valence-electron chi connectivity index (χ1n) is 4.92. The molecule has 0 atom stereocenters. The summed E-state index contributed by atoms with van der Waals surface area (Å²) in [6, 6.07) is 0. The molecule has 21 heavy (non-hydrogen) atoms. The summed E-state index contributed by atoms with van der Waals surface area (Å²) >= 11 is 11.0. The molecule has 0 radical (unpaired) electrons. The van der Waals surface area contributed by atoms with E-state index in [1.54, 1.807) is 4.98 Å². The minimum atomic E-state index is -1.45. The first-order valence-corrected chi connectivity index (χ1v) is 5.68. The summed E-state index contributed by atoms with van der Waals surface area (Å²) in [5.74, 6) is -2.73. The van der Waals surface area contributed by atoms with Crippen LogP contribution in [0.15, 0.2) is 4.79 Å². The molecule has 2 N–H and O–H groups in total. The van der Waals surface area contributed by atoms with Crippen LogP contribution in [0.4, 0.5) is 15.8 Å². The highest BCUT2D eigenvalue weighted by Gasteiger charge is 2.33. The molecule has 1 aromatic carbocycles. The van der Waals surface area contributed by atoms with E-state index in [-0.39, 0.29) is 0 Å². The third kappa shape index (κ3) is 2.04. The molecule has 0 spiro atoms. The van der Waals surface area contributed by atoms with Crippen molar-refractivity contribution in [2.75, 3.05) is 0 Å². The van der Waals surface area contributed by atoms with Crippen LogP contribution in [0.2, 0.25) is 10.0 Å². The van der Waals surface area contributed by atoms with Gasteiger partial charge in [-0.05, 0) is 0 Å². The van der Waals surface area contributed by atoms with Crippen molar-refractivity contribution in [3.05, 3.63) is 46.4 Å². The van der Waals surface area contributed by atoms with Crippen molar-refractivity contribution in [1.29, 1.82) is 0 Å². The van der Waals surface area contributed by atoms with Gasteiger partial charge in [-0.15, -0.1) is 0 Å². The fraction of sp³-hybridized carbons (Fsp3) is 0. The molecule has 2 aromatic rings. The Kier molecular flexibility index (Phi) is 3.43. The fourth-order valence-corrected chi connectivity index (χ4v) is 2.17. The number of pyridine rings is 1. The summed E-state index contributed by atoms with van der Waals surface area (Å²) in [5.41, 5.74) is -4.74. The number of aromatic nitrogens is 1. The molecule has 0 aliphatic rings. The Labute approximate surface area is 122 Å². The van der Waals surface area contributed by atoms with Crippen molar-refractivity contribution in [3.8, 4) is 5.75 Å². The quantitative estimate of drug-likeness (QED) is 0.490. The Hall–Kier alpha value is -2.46. The number of aromatic hydroxyl groups is 1. The average molecular weight is 338 g/mol. The minimum Gasteiger partial charge on any atom is -0.501 e. The molecule has 0 saturated carbocycles. The van der Waals surface area contributed by atoms with Crippen LogP contribution in [0.3, 0.4) is 0 Å². The third-order valence-electron chi connectivity index (χ3n) is 2.58. The molecular weight excluding hydrogens is 336 g/mol. The molecule has 12 heteroatoms. The largest absolute Gasteiger partial charge is 0.501 e. The molecule has 2 rings (SSSR count). The Morgan fingerprint density at radius 3 is 2.10 bits per heavy atom. The molecule has 0 bridgehead atoms. The van der Waals surface area contributed by atoms with Gasteiger partial charge in [-0.1, -0.05) is 23.2 Å². The van der Waals surface area contributed by atoms with E-state index in [9.17, 15) is 34.5 Å². The lowest BCUT2D eigenvalue weighted by molar-refractivity contribution is -0.388. The van der Waals surface area contributed by atoms with Crippen LogP contribution in [0.25, 0.3) is 10.9 Å². The first kappa shape index (κ1) is 14.9. The van der Waals surface area contributed by atoms with Gasteiger partial charge in [0.05, 0.1) is 15.4 Å². The molecule has 0 fully saturated rings. The maximum Gasteiger partial charge on any atom is 0.375 e. The molecular formula is C9H2Cl2FN3O6. The number of nitrogens with one attached hydrogen (secondary N) is 1. The van der Waals surface area contributed by atoms with Gasteiger partial charge in [-0.25, -0.2) is 4.39 Å². The fourth-order valence-electron chi connectivity index (χ4n) is 1.74. The summed E-state index contributed by atoms with van der Waals surface area (Å²) in [6.07, 6.45) is 0. The Morgan fingerprint density at radius 1 is 1.10 bits per heavy atom. The van der Waals surface area contributed by atoms with Crippen molar-refractivity contribution in [2.24, 2.45) is 0 Å². The van der Waals surface area contributed by atoms with Crippen LogP contribution >= 0.6 is 23.2 Å². The summed E-state index contributed by atoms with van der Waals surface area (Å²) in [4.78, 5) is 32.5. The van der Waals surface area contributed by atoms with Gasteiger partial charge in [-0.3, -0.25) is 25.0 Å². The van der Waals surface area contributed by atoms with E-state index in [0.717, 1.165) is 0 Å². The van der Waals surface area contributed by atoms with Crippen LogP contribution in [-0.4, -0.2) is 19.9 Å². The zero-order valence-electron chi connectivity index (χ0n) is 9.52. The van der Waals surface area contributed by atoms with Gasteiger partial charge in [0.15, 0.2) is 5.82 Å². The van der Waals surface area contributed by atoms with Gasteiger partial charge in [0.2, 0.25) is 5.75 Å². The molecule has 0 saturated heterocycles. The minimum absolute atomic E-state index is 0.857. The molecule has 110 valence electrons. The zero-order chi connectivity index (χ0) is 16.1. The van der Waals surface area contributed by atoms with Gasteiger partial charge in [0, 0.05) is 0 Å². The summed E-state index contributed by atoms with van der Waals surface area (Å²) < 4.78 is 13.9. The highest BCUT2D eigenvalue weighted by atomic mass is 35.5. The smallest absolute Gasteiger partial charge is 0.375 e. The van der Waals surface area contributed by atoms with E-state index in [2.05, 4.69) is 0 Å². The van der Waals surface area contributed by atoms with Crippen molar-refractivity contribution in [2.45, 2.75) is 0 Å². The highest BCUT2D eigenvalue weighted by molar-refractivity contribution is 6.45. The number of benzene rings is 1. The Bertz CT molecular complexity index is 880. The van der Waals surface area contributed by atoms with E-state index >= 15 is 0 Å². The van der Waals surface area contributed by atoms with Crippen LogP contribution in [0.1, 0.15) is 0 Å².